The van der Waals surface area contributed by atoms with Crippen molar-refractivity contribution in [2.75, 3.05) is 18.6 Å². The molecule has 3 aromatic rings. The van der Waals surface area contributed by atoms with E-state index >= 15 is 0 Å². The predicted octanol–water partition coefficient (Wildman–Crippen LogP) is 5.24. The Balaban J connectivity index is 1.75. The van der Waals surface area contributed by atoms with Gasteiger partial charge >= 0.3 is 0 Å². The Morgan fingerprint density at radius 1 is 0.833 bits per heavy atom. The number of rotatable bonds is 7. The van der Waals surface area contributed by atoms with Crippen molar-refractivity contribution in [3.05, 3.63) is 81.9 Å². The molecule has 7 heteroatoms. The molecule has 0 heterocycles. The molecule has 0 saturated carbocycles. The lowest BCUT2D eigenvalue weighted by atomic mass is 10.1. The van der Waals surface area contributed by atoms with Gasteiger partial charge in [-0.05, 0) is 73.5 Å². The molecular weight excluding hydrogens is 382 g/mol. The molecule has 0 fully saturated rings. The van der Waals surface area contributed by atoms with Crippen LogP contribution in [0, 0.1) is 10.1 Å². The standard InChI is InChI=1S/C23H21N3O4/c1-3-29-17-9-11-19-20-12-10-18(30-4-2)14-22(20)23(21(19)13-17)25-24-15-5-7-16(8-6-15)26(27)28/h5-14,24H,3-4H2,1-2H3. The lowest BCUT2D eigenvalue weighted by molar-refractivity contribution is -0.384. The van der Waals surface area contributed by atoms with Gasteiger partial charge in [-0.1, -0.05) is 0 Å². The third kappa shape index (κ3) is 3.69. The van der Waals surface area contributed by atoms with Gasteiger partial charge < -0.3 is 9.47 Å². The molecule has 1 aliphatic carbocycles. The van der Waals surface area contributed by atoms with Crippen molar-refractivity contribution in [3.63, 3.8) is 0 Å². The number of benzene rings is 3. The Morgan fingerprint density at radius 2 is 1.37 bits per heavy atom. The van der Waals surface area contributed by atoms with E-state index in [2.05, 4.69) is 10.5 Å². The third-order valence-electron chi connectivity index (χ3n) is 4.78. The summed E-state index contributed by atoms with van der Waals surface area (Å²) in [4.78, 5) is 10.4. The molecule has 30 heavy (non-hydrogen) atoms. The Kier molecular flexibility index (Phi) is 5.34. The van der Waals surface area contributed by atoms with Crippen LogP contribution in [0.15, 0.2) is 65.8 Å². The molecule has 0 spiro atoms. The molecule has 0 atom stereocenters. The predicted molar refractivity (Wildman–Crippen MR) is 117 cm³/mol. The molecule has 1 N–H and O–H groups in total. The molecule has 7 nitrogen and oxygen atoms in total. The van der Waals surface area contributed by atoms with Gasteiger partial charge in [-0.25, -0.2) is 0 Å². The van der Waals surface area contributed by atoms with E-state index in [-0.39, 0.29) is 5.69 Å². The minimum atomic E-state index is -0.427. The van der Waals surface area contributed by atoms with E-state index in [1.165, 1.54) is 12.1 Å². The van der Waals surface area contributed by atoms with Gasteiger partial charge in [0.15, 0.2) is 0 Å². The molecule has 0 unspecified atom stereocenters. The van der Waals surface area contributed by atoms with Crippen molar-refractivity contribution in [3.8, 4) is 22.6 Å². The second kappa shape index (κ2) is 8.24. The van der Waals surface area contributed by atoms with E-state index < -0.39 is 4.92 Å². The lowest BCUT2D eigenvalue weighted by Gasteiger charge is -2.08. The van der Waals surface area contributed by atoms with Crippen LogP contribution in [0.5, 0.6) is 11.5 Å². The first-order chi connectivity index (χ1) is 14.6. The zero-order chi connectivity index (χ0) is 21.1. The minimum Gasteiger partial charge on any atom is -0.494 e. The molecule has 0 amide bonds. The smallest absolute Gasteiger partial charge is 0.269 e. The molecule has 0 aliphatic heterocycles. The number of non-ortho nitro benzene ring substituents is 1. The number of anilines is 1. The zero-order valence-electron chi connectivity index (χ0n) is 16.7. The quantitative estimate of drug-likeness (QED) is 0.337. The summed E-state index contributed by atoms with van der Waals surface area (Å²) in [6, 6.07) is 18.1. The monoisotopic (exact) mass is 403 g/mol. The average molecular weight is 403 g/mol. The number of hydrazone groups is 1. The molecule has 0 bridgehead atoms. The zero-order valence-corrected chi connectivity index (χ0v) is 16.7. The van der Waals surface area contributed by atoms with E-state index in [0.29, 0.717) is 18.9 Å². The molecule has 3 aromatic carbocycles. The van der Waals surface area contributed by atoms with Gasteiger partial charge in [0.25, 0.3) is 5.69 Å². The average Bonchev–Trinajstić information content (AvgIpc) is 3.05. The van der Waals surface area contributed by atoms with Crippen molar-refractivity contribution < 1.29 is 14.4 Å². The largest absolute Gasteiger partial charge is 0.494 e. The van der Waals surface area contributed by atoms with Crippen LogP contribution in [0.4, 0.5) is 11.4 Å². The lowest BCUT2D eigenvalue weighted by Crippen LogP contribution is -2.04. The van der Waals surface area contributed by atoms with Crippen LogP contribution in [0.1, 0.15) is 25.0 Å². The summed E-state index contributed by atoms with van der Waals surface area (Å²) in [5, 5.41) is 15.5. The number of hydrogen-bond donors (Lipinski definition) is 1. The summed E-state index contributed by atoms with van der Waals surface area (Å²) in [6.45, 7) is 5.05. The molecular formula is C23H21N3O4. The number of nitrogens with one attached hydrogen (secondary N) is 1. The second-order valence-electron chi connectivity index (χ2n) is 6.66. The van der Waals surface area contributed by atoms with Gasteiger partial charge in [0, 0.05) is 23.3 Å². The third-order valence-corrected chi connectivity index (χ3v) is 4.78. The summed E-state index contributed by atoms with van der Waals surface area (Å²) < 4.78 is 11.4. The van der Waals surface area contributed by atoms with Crippen molar-refractivity contribution in [2.45, 2.75) is 13.8 Å². The van der Waals surface area contributed by atoms with Crippen LogP contribution < -0.4 is 14.9 Å². The fourth-order valence-corrected chi connectivity index (χ4v) is 3.46. The Labute approximate surface area is 174 Å². The highest BCUT2D eigenvalue weighted by Gasteiger charge is 2.26. The van der Waals surface area contributed by atoms with E-state index in [1.54, 1.807) is 12.1 Å². The van der Waals surface area contributed by atoms with E-state index in [1.807, 2.05) is 50.2 Å². The van der Waals surface area contributed by atoms with Crippen LogP contribution in [0.2, 0.25) is 0 Å². The van der Waals surface area contributed by atoms with Gasteiger partial charge in [0.2, 0.25) is 0 Å². The topological polar surface area (TPSA) is 86.0 Å². The summed E-state index contributed by atoms with van der Waals surface area (Å²) in [7, 11) is 0. The summed E-state index contributed by atoms with van der Waals surface area (Å²) in [6.07, 6.45) is 0. The molecule has 0 radical (unpaired) electrons. The minimum absolute atomic E-state index is 0.0347. The van der Waals surface area contributed by atoms with Gasteiger partial charge in [0.1, 0.15) is 11.5 Å². The highest BCUT2D eigenvalue weighted by molar-refractivity contribution is 6.25. The van der Waals surface area contributed by atoms with E-state index in [9.17, 15) is 10.1 Å². The van der Waals surface area contributed by atoms with Crippen molar-refractivity contribution >= 4 is 17.1 Å². The molecule has 152 valence electrons. The van der Waals surface area contributed by atoms with Crippen molar-refractivity contribution in [2.24, 2.45) is 5.10 Å². The van der Waals surface area contributed by atoms with E-state index in [4.69, 9.17) is 9.47 Å². The first kappa shape index (κ1) is 19.4. The highest BCUT2D eigenvalue weighted by Crippen LogP contribution is 2.40. The summed E-state index contributed by atoms with van der Waals surface area (Å²) >= 11 is 0. The molecule has 1 aliphatic rings. The van der Waals surface area contributed by atoms with Crippen LogP contribution in [0.3, 0.4) is 0 Å². The molecule has 4 rings (SSSR count). The summed E-state index contributed by atoms with van der Waals surface area (Å²) in [5.74, 6) is 1.55. The number of nitro benzene ring substituents is 1. The maximum Gasteiger partial charge on any atom is 0.269 e. The normalized spacial score (nSPS) is 11.5. The fraction of sp³-hybridized carbons (Fsp3) is 0.174. The molecule has 0 aromatic heterocycles. The van der Waals surface area contributed by atoms with Gasteiger partial charge in [-0.2, -0.15) is 5.10 Å². The second-order valence-corrected chi connectivity index (χ2v) is 6.66. The van der Waals surface area contributed by atoms with E-state index in [0.717, 1.165) is 39.5 Å². The number of nitrogens with zero attached hydrogens (tertiary/aromatic N) is 2. The fourth-order valence-electron chi connectivity index (χ4n) is 3.46. The number of nitro groups is 1. The first-order valence-corrected chi connectivity index (χ1v) is 9.73. The number of fused-ring (bicyclic) bond motifs is 3. The Bertz CT molecular complexity index is 1070. The van der Waals surface area contributed by atoms with Crippen LogP contribution >= 0.6 is 0 Å². The SMILES string of the molecule is CCOc1ccc2c(c1)C(=NNc1ccc([N+](=O)[O-])cc1)c1cc(OCC)ccc1-2. The van der Waals surface area contributed by atoms with Crippen LogP contribution in [-0.4, -0.2) is 23.8 Å². The maximum atomic E-state index is 10.9. The Hall–Kier alpha value is -3.87. The van der Waals surface area contributed by atoms with Gasteiger partial charge in [0.05, 0.1) is 29.5 Å². The van der Waals surface area contributed by atoms with Gasteiger partial charge in [-0.3, -0.25) is 15.5 Å². The van der Waals surface area contributed by atoms with Crippen molar-refractivity contribution in [1.82, 2.24) is 0 Å². The van der Waals surface area contributed by atoms with Gasteiger partial charge in [-0.15, -0.1) is 0 Å². The number of ether oxygens (including phenoxy) is 2. The maximum absolute atomic E-state index is 10.9. The number of hydrogen-bond acceptors (Lipinski definition) is 6. The highest BCUT2D eigenvalue weighted by atomic mass is 16.6. The summed E-state index contributed by atoms with van der Waals surface area (Å²) in [5.41, 5.74) is 8.53. The van der Waals surface area contributed by atoms with Crippen LogP contribution in [0.25, 0.3) is 11.1 Å². The van der Waals surface area contributed by atoms with Crippen LogP contribution in [-0.2, 0) is 0 Å². The first-order valence-electron chi connectivity index (χ1n) is 9.73. The van der Waals surface area contributed by atoms with Crippen molar-refractivity contribution in [1.29, 1.82) is 0 Å². The Morgan fingerprint density at radius 3 is 1.83 bits per heavy atom. The molecule has 0 saturated heterocycles.